The van der Waals surface area contributed by atoms with Crippen molar-refractivity contribution in [1.82, 2.24) is 25.1 Å². The van der Waals surface area contributed by atoms with Crippen molar-refractivity contribution in [2.24, 2.45) is 0 Å². The Labute approximate surface area is 176 Å². The second-order valence-corrected chi connectivity index (χ2v) is 7.11. The topological polar surface area (TPSA) is 111 Å². The lowest BCUT2D eigenvalue weighted by Gasteiger charge is -2.07. The van der Waals surface area contributed by atoms with E-state index in [-0.39, 0.29) is 24.7 Å². The number of nitrogens with zero attached hydrogens (tertiary/aromatic N) is 3. The van der Waals surface area contributed by atoms with Crippen LogP contribution in [0.4, 0.5) is 0 Å². The van der Waals surface area contributed by atoms with E-state index in [9.17, 15) is 9.59 Å². The van der Waals surface area contributed by atoms with Crippen molar-refractivity contribution in [1.29, 1.82) is 0 Å². The van der Waals surface area contributed by atoms with E-state index in [1.165, 1.54) is 6.20 Å². The highest BCUT2D eigenvalue weighted by atomic mass is 16.7. The van der Waals surface area contributed by atoms with E-state index < -0.39 is 0 Å². The Morgan fingerprint density at radius 2 is 1.97 bits per heavy atom. The molecule has 0 atom stereocenters. The zero-order valence-electron chi connectivity index (χ0n) is 16.5. The first-order valence-electron chi connectivity index (χ1n) is 9.85. The molecule has 9 nitrogen and oxygen atoms in total. The van der Waals surface area contributed by atoms with Crippen molar-refractivity contribution in [3.63, 3.8) is 0 Å². The van der Waals surface area contributed by atoms with Crippen LogP contribution >= 0.6 is 0 Å². The van der Waals surface area contributed by atoms with Gasteiger partial charge in [-0.15, -0.1) is 0 Å². The number of aromatic nitrogens is 4. The monoisotopic (exact) mass is 417 g/mol. The highest BCUT2D eigenvalue weighted by Gasteiger charge is 2.14. The Morgan fingerprint density at radius 3 is 2.84 bits per heavy atom. The van der Waals surface area contributed by atoms with E-state index in [1.807, 2.05) is 48.5 Å². The summed E-state index contributed by atoms with van der Waals surface area (Å²) in [6, 6.07) is 15.0. The van der Waals surface area contributed by atoms with Crippen LogP contribution in [-0.4, -0.2) is 32.4 Å². The highest BCUT2D eigenvalue weighted by molar-refractivity contribution is 5.77. The largest absolute Gasteiger partial charge is 0.454 e. The van der Waals surface area contributed by atoms with Crippen LogP contribution in [0, 0.1) is 0 Å². The number of benzene rings is 2. The first-order valence-corrected chi connectivity index (χ1v) is 9.85. The van der Waals surface area contributed by atoms with Crippen LogP contribution in [0.25, 0.3) is 16.7 Å². The fourth-order valence-electron chi connectivity index (χ4n) is 3.41. The average Bonchev–Trinajstić information content (AvgIpc) is 3.43. The minimum atomic E-state index is -0.275. The predicted octanol–water partition coefficient (Wildman–Crippen LogP) is 2.09. The van der Waals surface area contributed by atoms with Crippen molar-refractivity contribution < 1.29 is 14.3 Å². The number of fused-ring (bicyclic) bond motifs is 2. The van der Waals surface area contributed by atoms with Gasteiger partial charge in [0.15, 0.2) is 17.1 Å². The van der Waals surface area contributed by atoms with E-state index in [2.05, 4.69) is 20.4 Å². The van der Waals surface area contributed by atoms with Gasteiger partial charge in [-0.2, -0.15) is 5.10 Å². The molecule has 0 saturated carbocycles. The minimum absolute atomic E-state index is 0.142. The van der Waals surface area contributed by atoms with Gasteiger partial charge in [-0.05, 0) is 29.8 Å². The van der Waals surface area contributed by atoms with Gasteiger partial charge < -0.3 is 19.8 Å². The van der Waals surface area contributed by atoms with Crippen LogP contribution < -0.4 is 20.3 Å². The Kier molecular flexibility index (Phi) is 4.83. The maximum absolute atomic E-state index is 12.4. The molecule has 1 aliphatic rings. The van der Waals surface area contributed by atoms with Gasteiger partial charge in [-0.3, -0.25) is 9.59 Å². The number of H-pyrrole nitrogens is 1. The van der Waals surface area contributed by atoms with Gasteiger partial charge >= 0.3 is 0 Å². The fraction of sp³-hybridized carbons (Fsp3) is 0.182. The van der Waals surface area contributed by atoms with Crippen LogP contribution in [0.2, 0.25) is 0 Å². The van der Waals surface area contributed by atoms with Crippen molar-refractivity contribution >= 4 is 16.9 Å². The molecule has 4 aromatic rings. The van der Waals surface area contributed by atoms with E-state index in [0.29, 0.717) is 41.3 Å². The van der Waals surface area contributed by atoms with Crippen molar-refractivity contribution in [3.05, 3.63) is 76.5 Å². The first kappa shape index (κ1) is 18.9. The summed E-state index contributed by atoms with van der Waals surface area (Å²) in [4.78, 5) is 32.0. The number of ether oxygens (including phenoxy) is 2. The lowest BCUT2D eigenvalue weighted by atomic mass is 10.2. The summed E-state index contributed by atoms with van der Waals surface area (Å²) in [7, 11) is 0. The third-order valence-electron chi connectivity index (χ3n) is 5.00. The molecule has 0 radical (unpaired) electrons. The number of amides is 1. The molecule has 0 spiro atoms. The molecule has 2 aromatic heterocycles. The van der Waals surface area contributed by atoms with Gasteiger partial charge in [0.1, 0.15) is 11.2 Å². The molecule has 0 bridgehead atoms. The van der Waals surface area contributed by atoms with E-state index in [0.717, 1.165) is 11.3 Å². The Balaban J connectivity index is 1.26. The number of hydrogen-bond acceptors (Lipinski definition) is 6. The lowest BCUT2D eigenvalue weighted by molar-refractivity contribution is -0.121. The molecule has 1 aliphatic heterocycles. The molecule has 0 unspecified atom stereocenters. The van der Waals surface area contributed by atoms with E-state index >= 15 is 0 Å². The number of para-hydroxylation sites is 1. The van der Waals surface area contributed by atoms with Crippen LogP contribution in [-0.2, 0) is 17.8 Å². The summed E-state index contributed by atoms with van der Waals surface area (Å²) in [5.41, 5.74) is 1.91. The maximum atomic E-state index is 12.4. The Bertz CT molecular complexity index is 1310. The normalized spacial score (nSPS) is 12.3. The van der Waals surface area contributed by atoms with Crippen molar-refractivity contribution in [2.45, 2.75) is 19.4 Å². The standard InChI is InChI=1S/C22H19N5O4/c28-20(23-11-14-6-7-17-18(10-14)31-13-30-17)9-8-19-25-21-16(22(29)26-19)12-24-27(21)15-4-2-1-3-5-15/h1-7,10,12H,8-9,11,13H2,(H,23,28)(H,25,26,29). The number of rotatable bonds is 6. The van der Waals surface area contributed by atoms with Crippen LogP contribution in [0.3, 0.4) is 0 Å². The zero-order valence-corrected chi connectivity index (χ0v) is 16.5. The summed E-state index contributed by atoms with van der Waals surface area (Å²) in [6.45, 7) is 0.586. The zero-order chi connectivity index (χ0) is 21.2. The smallest absolute Gasteiger partial charge is 0.262 e. The molecule has 2 N–H and O–H groups in total. The second kappa shape index (κ2) is 7.94. The maximum Gasteiger partial charge on any atom is 0.262 e. The van der Waals surface area contributed by atoms with Gasteiger partial charge in [-0.1, -0.05) is 24.3 Å². The SMILES string of the molecule is O=C(CCc1nc2c(cnn2-c2ccccc2)c(=O)[nH]1)NCc1ccc2c(c1)OCO2. The van der Waals surface area contributed by atoms with Crippen LogP contribution in [0.15, 0.2) is 59.5 Å². The lowest BCUT2D eigenvalue weighted by Crippen LogP contribution is -2.23. The first-order chi connectivity index (χ1) is 15.2. The fourth-order valence-corrected chi connectivity index (χ4v) is 3.41. The molecule has 1 amide bonds. The summed E-state index contributed by atoms with van der Waals surface area (Å²) < 4.78 is 12.3. The van der Waals surface area contributed by atoms with Crippen LogP contribution in [0.1, 0.15) is 17.8 Å². The molecule has 31 heavy (non-hydrogen) atoms. The Morgan fingerprint density at radius 1 is 1.13 bits per heavy atom. The number of carbonyl (C=O) groups excluding carboxylic acids is 1. The number of hydrogen-bond donors (Lipinski definition) is 2. The quantitative estimate of drug-likeness (QED) is 0.497. The van der Waals surface area contributed by atoms with E-state index in [4.69, 9.17) is 9.47 Å². The average molecular weight is 417 g/mol. The summed E-state index contributed by atoms with van der Waals surface area (Å²) >= 11 is 0. The van der Waals surface area contributed by atoms with Gasteiger partial charge in [0, 0.05) is 19.4 Å². The van der Waals surface area contributed by atoms with Gasteiger partial charge in [0.2, 0.25) is 12.7 Å². The molecular formula is C22H19N5O4. The predicted molar refractivity (Wildman–Crippen MR) is 112 cm³/mol. The summed E-state index contributed by atoms with van der Waals surface area (Å²) in [5.74, 6) is 1.68. The molecular weight excluding hydrogens is 398 g/mol. The molecule has 2 aromatic carbocycles. The van der Waals surface area contributed by atoms with Gasteiger partial charge in [0.25, 0.3) is 5.56 Å². The molecule has 156 valence electrons. The minimum Gasteiger partial charge on any atom is -0.454 e. The van der Waals surface area contributed by atoms with Crippen LogP contribution in [0.5, 0.6) is 11.5 Å². The third-order valence-corrected chi connectivity index (χ3v) is 5.00. The Hall–Kier alpha value is -4.14. The molecule has 0 saturated heterocycles. The van der Waals surface area contributed by atoms with Crippen molar-refractivity contribution in [3.8, 4) is 17.2 Å². The molecule has 9 heteroatoms. The van der Waals surface area contributed by atoms with Gasteiger partial charge in [0.05, 0.1) is 11.9 Å². The molecule has 5 rings (SSSR count). The number of nitrogens with one attached hydrogen (secondary N) is 2. The molecule has 0 fully saturated rings. The number of carbonyl (C=O) groups is 1. The second-order valence-electron chi connectivity index (χ2n) is 7.11. The van der Waals surface area contributed by atoms with E-state index in [1.54, 1.807) is 4.68 Å². The third kappa shape index (κ3) is 3.85. The molecule has 3 heterocycles. The molecule has 0 aliphatic carbocycles. The number of aryl methyl sites for hydroxylation is 1. The number of aromatic amines is 1. The van der Waals surface area contributed by atoms with Gasteiger partial charge in [-0.25, -0.2) is 9.67 Å². The highest BCUT2D eigenvalue weighted by Crippen LogP contribution is 2.32. The van der Waals surface area contributed by atoms with Crippen molar-refractivity contribution in [2.75, 3.05) is 6.79 Å². The summed E-state index contributed by atoms with van der Waals surface area (Å²) in [6.07, 6.45) is 1.99. The summed E-state index contributed by atoms with van der Waals surface area (Å²) in [5, 5.41) is 7.56.